The van der Waals surface area contributed by atoms with E-state index in [0.29, 0.717) is 25.4 Å². The lowest BCUT2D eigenvalue weighted by Crippen LogP contribution is -2.48. The van der Waals surface area contributed by atoms with E-state index in [4.69, 9.17) is 0 Å². The van der Waals surface area contributed by atoms with Crippen molar-refractivity contribution in [2.75, 3.05) is 13.1 Å². The van der Waals surface area contributed by atoms with E-state index in [-0.39, 0.29) is 23.8 Å². The molecule has 6 heteroatoms. The summed E-state index contributed by atoms with van der Waals surface area (Å²) in [6, 6.07) is 10.1. The van der Waals surface area contributed by atoms with E-state index in [0.717, 1.165) is 48.3 Å². The third-order valence-corrected chi connectivity index (χ3v) is 6.49. The van der Waals surface area contributed by atoms with Crippen LogP contribution in [0.15, 0.2) is 30.3 Å². The number of nitrogens with zero attached hydrogens (tertiary/aromatic N) is 3. The van der Waals surface area contributed by atoms with Gasteiger partial charge in [-0.3, -0.25) is 14.3 Å². The SMILES string of the molecule is CCC(C(=O)N1CCC(NC(=O)Cc2c(C)nn(CC(C)C)c2C)CC1)c1ccccc1. The molecule has 1 saturated heterocycles. The normalized spacial score (nSPS) is 15.8. The number of piperidine rings is 1. The zero-order chi connectivity index (χ0) is 23.3. The van der Waals surface area contributed by atoms with Crippen LogP contribution in [0.1, 0.15) is 68.5 Å². The second-order valence-corrected chi connectivity index (χ2v) is 9.44. The Morgan fingerprint density at radius 3 is 2.38 bits per heavy atom. The van der Waals surface area contributed by atoms with Crippen LogP contribution in [-0.2, 0) is 22.6 Å². The van der Waals surface area contributed by atoms with Crippen molar-refractivity contribution in [2.45, 2.75) is 78.8 Å². The zero-order valence-electron chi connectivity index (χ0n) is 20.2. The van der Waals surface area contributed by atoms with Gasteiger partial charge in [-0.15, -0.1) is 0 Å². The van der Waals surface area contributed by atoms with Crippen LogP contribution >= 0.6 is 0 Å². The van der Waals surface area contributed by atoms with Gasteiger partial charge >= 0.3 is 0 Å². The molecule has 0 radical (unpaired) electrons. The van der Waals surface area contributed by atoms with Gasteiger partial charge in [0.2, 0.25) is 11.8 Å². The summed E-state index contributed by atoms with van der Waals surface area (Å²) < 4.78 is 2.02. The molecule has 2 amide bonds. The summed E-state index contributed by atoms with van der Waals surface area (Å²) in [5.41, 5.74) is 4.13. The highest BCUT2D eigenvalue weighted by molar-refractivity contribution is 5.84. The Morgan fingerprint density at radius 1 is 1.12 bits per heavy atom. The van der Waals surface area contributed by atoms with Gasteiger partial charge in [0.15, 0.2) is 0 Å². The zero-order valence-corrected chi connectivity index (χ0v) is 20.2. The molecule has 0 aliphatic carbocycles. The van der Waals surface area contributed by atoms with E-state index >= 15 is 0 Å². The molecule has 1 N–H and O–H groups in total. The third kappa shape index (κ3) is 5.78. The molecule has 0 spiro atoms. The second-order valence-electron chi connectivity index (χ2n) is 9.44. The standard InChI is InChI=1S/C26H38N4O2/c1-6-23(21-10-8-7-9-11-21)26(32)29-14-12-22(13-15-29)27-25(31)16-24-19(4)28-30(20(24)5)17-18(2)3/h7-11,18,22-23H,6,12-17H2,1-5H3,(H,27,31). The lowest BCUT2D eigenvalue weighted by Gasteiger charge is -2.34. The molecule has 1 fully saturated rings. The fourth-order valence-electron chi connectivity index (χ4n) is 4.66. The maximum Gasteiger partial charge on any atom is 0.230 e. The number of rotatable bonds is 8. The number of aromatic nitrogens is 2. The van der Waals surface area contributed by atoms with Gasteiger partial charge in [0.1, 0.15) is 0 Å². The number of likely N-dealkylation sites (tertiary alicyclic amines) is 1. The first-order valence-corrected chi connectivity index (χ1v) is 12.0. The number of amides is 2. The number of benzene rings is 1. The molecule has 1 unspecified atom stereocenters. The van der Waals surface area contributed by atoms with E-state index in [2.05, 4.69) is 31.2 Å². The Labute approximate surface area is 192 Å². The fraction of sp³-hybridized carbons (Fsp3) is 0.577. The Balaban J connectivity index is 1.52. The molecule has 1 aliphatic heterocycles. The van der Waals surface area contributed by atoms with Crippen LogP contribution in [0.4, 0.5) is 0 Å². The van der Waals surface area contributed by atoms with Gasteiger partial charge in [-0.2, -0.15) is 5.10 Å². The van der Waals surface area contributed by atoms with Crippen LogP contribution < -0.4 is 5.32 Å². The van der Waals surface area contributed by atoms with Gasteiger partial charge in [-0.25, -0.2) is 0 Å². The molecule has 0 saturated carbocycles. The van der Waals surface area contributed by atoms with E-state index in [1.54, 1.807) is 0 Å². The monoisotopic (exact) mass is 438 g/mol. The van der Waals surface area contributed by atoms with Gasteiger partial charge in [0.25, 0.3) is 0 Å². The Bertz CT molecular complexity index is 911. The topological polar surface area (TPSA) is 67.2 Å². The molecule has 1 atom stereocenters. The van der Waals surface area contributed by atoms with E-state index in [9.17, 15) is 9.59 Å². The minimum atomic E-state index is -0.0873. The molecular formula is C26H38N4O2. The number of hydrogen-bond donors (Lipinski definition) is 1. The second kappa shape index (κ2) is 10.8. The summed E-state index contributed by atoms with van der Waals surface area (Å²) in [5, 5.41) is 7.81. The summed E-state index contributed by atoms with van der Waals surface area (Å²) in [6.07, 6.45) is 2.75. The van der Waals surface area contributed by atoms with Crippen molar-refractivity contribution in [3.63, 3.8) is 0 Å². The summed E-state index contributed by atoms with van der Waals surface area (Å²) in [4.78, 5) is 27.8. The van der Waals surface area contributed by atoms with Crippen LogP contribution in [0, 0.1) is 19.8 Å². The van der Waals surface area contributed by atoms with Crippen LogP contribution in [0.25, 0.3) is 0 Å². The summed E-state index contributed by atoms with van der Waals surface area (Å²) in [7, 11) is 0. The van der Waals surface area contributed by atoms with Crippen LogP contribution in [0.5, 0.6) is 0 Å². The van der Waals surface area contributed by atoms with Crippen molar-refractivity contribution in [3.05, 3.63) is 52.8 Å². The van der Waals surface area contributed by atoms with Gasteiger partial charge in [-0.1, -0.05) is 51.1 Å². The molecule has 6 nitrogen and oxygen atoms in total. The van der Waals surface area contributed by atoms with Crippen molar-refractivity contribution in [3.8, 4) is 0 Å². The molecule has 2 heterocycles. The molecule has 1 aliphatic rings. The Morgan fingerprint density at radius 2 is 1.78 bits per heavy atom. The molecule has 2 aromatic rings. The molecule has 1 aromatic heterocycles. The Hall–Kier alpha value is -2.63. The first-order valence-electron chi connectivity index (χ1n) is 12.0. The number of carbonyl (C=O) groups is 2. The van der Waals surface area contributed by atoms with Crippen LogP contribution in [-0.4, -0.2) is 45.6 Å². The predicted molar refractivity (Wildman–Crippen MR) is 127 cm³/mol. The van der Waals surface area contributed by atoms with Crippen molar-refractivity contribution in [2.24, 2.45) is 5.92 Å². The molecule has 0 bridgehead atoms. The fourth-order valence-corrected chi connectivity index (χ4v) is 4.66. The van der Waals surface area contributed by atoms with Gasteiger partial charge in [-0.05, 0) is 44.6 Å². The minimum Gasteiger partial charge on any atom is -0.353 e. The Kier molecular flexibility index (Phi) is 8.10. The van der Waals surface area contributed by atoms with Crippen LogP contribution in [0.2, 0.25) is 0 Å². The minimum absolute atomic E-state index is 0.0424. The molecule has 1 aromatic carbocycles. The third-order valence-electron chi connectivity index (χ3n) is 6.49. The van der Waals surface area contributed by atoms with Gasteiger partial charge in [0.05, 0.1) is 18.0 Å². The van der Waals surface area contributed by atoms with E-state index in [1.807, 2.05) is 53.8 Å². The lowest BCUT2D eigenvalue weighted by molar-refractivity contribution is -0.134. The number of aryl methyl sites for hydroxylation is 1. The highest BCUT2D eigenvalue weighted by Gasteiger charge is 2.29. The van der Waals surface area contributed by atoms with E-state index in [1.165, 1.54) is 0 Å². The lowest BCUT2D eigenvalue weighted by atomic mass is 9.93. The van der Waals surface area contributed by atoms with Crippen LogP contribution in [0.3, 0.4) is 0 Å². The maximum absolute atomic E-state index is 13.1. The quantitative estimate of drug-likeness (QED) is 0.677. The number of nitrogens with one attached hydrogen (secondary N) is 1. The summed E-state index contributed by atoms with van der Waals surface area (Å²) >= 11 is 0. The molecule has 174 valence electrons. The van der Waals surface area contributed by atoms with Crippen molar-refractivity contribution in [1.82, 2.24) is 20.0 Å². The van der Waals surface area contributed by atoms with E-state index < -0.39 is 0 Å². The van der Waals surface area contributed by atoms with Crippen molar-refractivity contribution >= 4 is 11.8 Å². The van der Waals surface area contributed by atoms with Gasteiger partial charge < -0.3 is 10.2 Å². The average molecular weight is 439 g/mol. The molecule has 3 rings (SSSR count). The summed E-state index contributed by atoms with van der Waals surface area (Å²) in [5.74, 6) is 0.667. The summed E-state index contributed by atoms with van der Waals surface area (Å²) in [6.45, 7) is 12.7. The van der Waals surface area contributed by atoms with Gasteiger partial charge in [0, 0.05) is 36.9 Å². The largest absolute Gasteiger partial charge is 0.353 e. The first-order chi connectivity index (χ1) is 15.3. The maximum atomic E-state index is 13.1. The highest BCUT2D eigenvalue weighted by atomic mass is 16.2. The first kappa shape index (κ1) is 24.0. The highest BCUT2D eigenvalue weighted by Crippen LogP contribution is 2.24. The van der Waals surface area contributed by atoms with Crippen molar-refractivity contribution in [1.29, 1.82) is 0 Å². The number of hydrogen-bond acceptors (Lipinski definition) is 3. The number of carbonyl (C=O) groups excluding carboxylic acids is 2. The molecule has 32 heavy (non-hydrogen) atoms. The smallest absolute Gasteiger partial charge is 0.230 e. The predicted octanol–water partition coefficient (Wildman–Crippen LogP) is 4.00. The van der Waals surface area contributed by atoms with Crippen molar-refractivity contribution < 1.29 is 9.59 Å². The average Bonchev–Trinajstić information content (AvgIpc) is 3.02. The molecular weight excluding hydrogens is 400 g/mol.